The maximum atomic E-state index is 14.7. The van der Waals surface area contributed by atoms with E-state index in [9.17, 15) is 14.7 Å². The molecule has 5 nitrogen and oxygen atoms in total. The lowest BCUT2D eigenvalue weighted by atomic mass is 9.57. The molecule has 2 saturated carbocycles. The second-order valence-electron chi connectivity index (χ2n) is 13.6. The van der Waals surface area contributed by atoms with Crippen molar-refractivity contribution >= 4 is 11.7 Å². The van der Waals surface area contributed by atoms with Gasteiger partial charge in [0, 0.05) is 36.0 Å². The number of benzene rings is 1. The van der Waals surface area contributed by atoms with Gasteiger partial charge in [0.1, 0.15) is 29.3 Å². The molecule has 37 heavy (non-hydrogen) atoms. The molecule has 7 rings (SSSR count). The van der Waals surface area contributed by atoms with Crippen LogP contribution in [-0.4, -0.2) is 28.6 Å². The van der Waals surface area contributed by atoms with Crippen LogP contribution in [0.3, 0.4) is 0 Å². The summed E-state index contributed by atoms with van der Waals surface area (Å²) in [7, 11) is 0. The predicted octanol–water partition coefficient (Wildman–Crippen LogP) is 5.09. The van der Waals surface area contributed by atoms with Crippen molar-refractivity contribution in [2.45, 2.75) is 72.1 Å². The number of allylic oxidation sites excluding steroid dienone is 3. The molecule has 5 unspecified atom stereocenters. The molecule has 1 amide bonds. The lowest BCUT2D eigenvalue weighted by Crippen LogP contribution is -2.50. The zero-order chi connectivity index (χ0) is 28.1. The summed E-state index contributed by atoms with van der Waals surface area (Å²) in [5.41, 5.74) is -0.490. The molecular formula is C32H41NO4. The largest absolute Gasteiger partial charge is 0.490 e. The van der Waals surface area contributed by atoms with Crippen molar-refractivity contribution in [2.75, 3.05) is 0 Å². The highest BCUT2D eigenvalue weighted by Gasteiger charge is 2.68. The highest BCUT2D eigenvalue weighted by molar-refractivity contribution is 6.05. The molecule has 0 spiro atoms. The first-order valence-corrected chi connectivity index (χ1v) is 13.9. The quantitative estimate of drug-likeness (QED) is 0.314. The molecule has 0 radical (unpaired) electrons. The Labute approximate surface area is 223 Å². The summed E-state index contributed by atoms with van der Waals surface area (Å²) >= 11 is 0. The van der Waals surface area contributed by atoms with Crippen molar-refractivity contribution in [1.82, 2.24) is 5.32 Å². The molecule has 1 aromatic rings. The summed E-state index contributed by atoms with van der Waals surface area (Å²) < 4.78 is 23.1. The summed E-state index contributed by atoms with van der Waals surface area (Å²) in [5, 5.41) is 14.1. The normalized spacial score (nSPS) is 49.1. The van der Waals surface area contributed by atoms with Crippen LogP contribution in [-0.2, 0) is 16.0 Å². The van der Waals surface area contributed by atoms with E-state index >= 15 is 0 Å². The Kier molecular flexibility index (Phi) is 4.91. The Balaban J connectivity index is 1.61. The monoisotopic (exact) mass is 510 g/mol. The SMILES string of the molecule is [2H]C([2H])=C[C@]1([13CH3])C=C([13CH3])[C@H]2[C@@H]3C(Oc4ccc(cc4)CC4(O)CC(C(=O)N4)C(=O)[C@@H]31)[C@H]1C([13CH3])CC([13CH3])C[C@]12[13CH3]. The molecule has 3 aliphatic carbocycles. The maximum Gasteiger partial charge on any atom is 0.232 e. The second-order valence-corrected chi connectivity index (χ2v) is 13.6. The fourth-order valence-electron chi connectivity index (χ4n) is 9.92. The minimum absolute atomic E-state index is 0.0110. The van der Waals surface area contributed by atoms with E-state index in [1.54, 1.807) is 6.08 Å². The Hall–Kier alpha value is -2.40. The third kappa shape index (κ3) is 3.52. The second kappa shape index (κ2) is 8.05. The molecule has 1 aromatic carbocycles. The first kappa shape index (κ1) is 22.6. The zero-order valence-corrected chi connectivity index (χ0v) is 22.6. The summed E-state index contributed by atoms with van der Waals surface area (Å²) in [5.74, 6) is -0.578. The molecule has 5 heteroatoms. The van der Waals surface area contributed by atoms with Crippen LogP contribution in [0.25, 0.3) is 0 Å². The van der Waals surface area contributed by atoms with Gasteiger partial charge in [0.25, 0.3) is 0 Å². The number of ketones is 1. The molecule has 198 valence electrons. The smallest absolute Gasteiger partial charge is 0.232 e. The third-order valence-corrected chi connectivity index (χ3v) is 10.7. The van der Waals surface area contributed by atoms with Crippen LogP contribution in [0.5, 0.6) is 5.75 Å². The summed E-state index contributed by atoms with van der Waals surface area (Å²) in [4.78, 5) is 28.0. The number of hydrogen-bond donors (Lipinski definition) is 2. The van der Waals surface area contributed by atoms with E-state index in [4.69, 9.17) is 7.48 Å². The van der Waals surface area contributed by atoms with Crippen molar-refractivity contribution in [2.24, 2.45) is 52.3 Å². The van der Waals surface area contributed by atoms with Gasteiger partial charge >= 0.3 is 0 Å². The molecule has 4 bridgehead atoms. The van der Waals surface area contributed by atoms with Crippen molar-refractivity contribution in [3.05, 3.63) is 54.1 Å². The number of hydrogen-bond acceptors (Lipinski definition) is 4. The highest BCUT2D eigenvalue weighted by Crippen LogP contribution is 2.68. The van der Waals surface area contributed by atoms with Gasteiger partial charge in [-0.3, -0.25) is 9.59 Å². The molecule has 1 saturated heterocycles. The Bertz CT molecular complexity index is 1270. The number of aliphatic hydroxyl groups is 1. The van der Waals surface area contributed by atoms with Gasteiger partial charge in [-0.2, -0.15) is 0 Å². The number of fused-ring (bicyclic) bond motifs is 4. The lowest BCUT2D eigenvalue weighted by Gasteiger charge is -2.50. The van der Waals surface area contributed by atoms with Gasteiger partial charge in [-0.25, -0.2) is 0 Å². The number of Topliss-reactive ketones (excluding diaryl/α,β-unsaturated/α-hetero) is 1. The average molecular weight is 511 g/mol. The van der Waals surface area contributed by atoms with E-state index in [0.717, 1.165) is 24.2 Å². The average Bonchev–Trinajstić information content (AvgIpc) is 3.24. The van der Waals surface area contributed by atoms with Crippen molar-refractivity contribution in [1.29, 1.82) is 0 Å². The summed E-state index contributed by atoms with van der Waals surface area (Å²) in [6.07, 6.45) is 5.75. The highest BCUT2D eigenvalue weighted by atomic mass is 16.5. The van der Waals surface area contributed by atoms with E-state index in [2.05, 4.69) is 39.1 Å². The summed E-state index contributed by atoms with van der Waals surface area (Å²) in [6, 6.07) is 7.76. The van der Waals surface area contributed by atoms with E-state index in [1.165, 1.54) is 5.57 Å². The number of ether oxygens (including phenoxy) is 1. The van der Waals surface area contributed by atoms with Crippen LogP contribution < -0.4 is 10.1 Å². The molecule has 0 aromatic heterocycles. The summed E-state index contributed by atoms with van der Waals surface area (Å²) in [6.45, 7) is 10.7. The minimum Gasteiger partial charge on any atom is -0.490 e. The van der Waals surface area contributed by atoms with Gasteiger partial charge in [-0.15, -0.1) is 6.53 Å². The van der Waals surface area contributed by atoms with Gasteiger partial charge < -0.3 is 15.2 Å². The molecule has 3 fully saturated rings. The fourth-order valence-corrected chi connectivity index (χ4v) is 9.92. The zero-order valence-electron chi connectivity index (χ0n) is 24.6. The van der Waals surface area contributed by atoms with Crippen molar-refractivity contribution < 1.29 is 22.2 Å². The molecule has 2 N–H and O–H groups in total. The standard InChI is InChI=1S/C32H41NO4/c1-7-30(5)14-19(4)24-23-26(30)27(34)22-16-32(36,33-29(22)35)15-20-8-10-21(11-9-20)37-28(23)25-18(3)12-17(2)13-31(24,25)6/h7-11,14,17-18,22-26,28,36H,1,12-13,15-16H2,2-6H3,(H,33,35)/t17?,18?,22?,23-,24-,25+,26+,28?,30+,31-,32?/m0/s1/i1D2,2+1,3+1,4+1,5+1,6+1. The van der Waals surface area contributed by atoms with E-state index in [1.807, 2.05) is 31.2 Å². The fraction of sp³-hybridized carbons (Fsp3) is 0.625. The van der Waals surface area contributed by atoms with Crippen molar-refractivity contribution in [3.8, 4) is 5.75 Å². The lowest BCUT2D eigenvalue weighted by molar-refractivity contribution is -0.139. The third-order valence-electron chi connectivity index (χ3n) is 10.7. The van der Waals surface area contributed by atoms with Gasteiger partial charge in [0.05, 0.1) is 2.74 Å². The van der Waals surface area contributed by atoms with Crippen LogP contribution in [0.4, 0.5) is 0 Å². The van der Waals surface area contributed by atoms with E-state index in [0.29, 0.717) is 11.8 Å². The number of rotatable bonds is 1. The van der Waals surface area contributed by atoms with Crippen LogP contribution >= 0.6 is 0 Å². The van der Waals surface area contributed by atoms with Gasteiger partial charge in [0.15, 0.2) is 0 Å². The van der Waals surface area contributed by atoms with Crippen molar-refractivity contribution in [3.63, 3.8) is 0 Å². The Morgan fingerprint density at radius 1 is 1.16 bits per heavy atom. The molecule has 11 atom stereocenters. The van der Waals surface area contributed by atoms with Crippen LogP contribution in [0, 0.1) is 52.3 Å². The topological polar surface area (TPSA) is 75.6 Å². The number of carbonyl (C=O) groups excluding carboxylic acids is 2. The van der Waals surface area contributed by atoms with E-state index < -0.39 is 28.9 Å². The molecule has 3 aliphatic heterocycles. The first-order valence-electron chi connectivity index (χ1n) is 14.9. The van der Waals surface area contributed by atoms with Crippen LogP contribution in [0.2, 0.25) is 0 Å². The van der Waals surface area contributed by atoms with Gasteiger partial charge in [0.2, 0.25) is 5.91 Å². The number of nitrogens with one attached hydrogen (secondary N) is 1. The van der Waals surface area contributed by atoms with E-state index in [-0.39, 0.29) is 54.4 Å². The molecular weight excluding hydrogens is 467 g/mol. The number of carbonyl (C=O) groups is 2. The van der Waals surface area contributed by atoms with Crippen LogP contribution in [0.15, 0.2) is 48.5 Å². The first-order chi connectivity index (χ1) is 18.2. The van der Waals surface area contributed by atoms with Gasteiger partial charge in [-0.05, 0) is 60.6 Å². The van der Waals surface area contributed by atoms with Gasteiger partial charge in [-0.1, -0.05) is 57.6 Å². The maximum absolute atomic E-state index is 14.7. The predicted molar refractivity (Wildman–Crippen MR) is 142 cm³/mol. The molecule has 6 aliphatic rings. The Morgan fingerprint density at radius 2 is 1.89 bits per heavy atom. The number of amides is 1. The molecule has 3 heterocycles. The minimum atomic E-state index is -1.51. The Morgan fingerprint density at radius 3 is 2.59 bits per heavy atom. The van der Waals surface area contributed by atoms with Crippen LogP contribution in [0.1, 0.15) is 62.2 Å².